The molecule has 0 bridgehead atoms. The van der Waals surface area contributed by atoms with Crippen molar-refractivity contribution in [2.45, 2.75) is 6.92 Å². The van der Waals surface area contributed by atoms with E-state index in [9.17, 15) is 19.1 Å². The number of amides is 1. The first-order valence-electron chi connectivity index (χ1n) is 6.89. The van der Waals surface area contributed by atoms with Gasteiger partial charge in [-0.05, 0) is 36.8 Å². The Bertz CT molecular complexity index is 979. The lowest BCUT2D eigenvalue weighted by atomic mass is 10.1. The molecular formula is C17H13FN2O3. The molecule has 3 rings (SSSR count). The summed E-state index contributed by atoms with van der Waals surface area (Å²) in [7, 11) is 0. The highest BCUT2D eigenvalue weighted by atomic mass is 19.1. The van der Waals surface area contributed by atoms with Crippen molar-refractivity contribution in [3.8, 4) is 5.75 Å². The highest BCUT2D eigenvalue weighted by Gasteiger charge is 2.19. The molecule has 116 valence electrons. The van der Waals surface area contributed by atoms with E-state index in [1.807, 2.05) is 0 Å². The molecule has 0 saturated carbocycles. The first kappa shape index (κ1) is 14.8. The number of anilines is 1. The summed E-state index contributed by atoms with van der Waals surface area (Å²) in [6.07, 6.45) is 0. The van der Waals surface area contributed by atoms with Gasteiger partial charge in [0.15, 0.2) is 0 Å². The Labute approximate surface area is 130 Å². The molecule has 1 heterocycles. The molecule has 0 fully saturated rings. The second-order valence-electron chi connectivity index (χ2n) is 5.14. The first-order chi connectivity index (χ1) is 11.0. The summed E-state index contributed by atoms with van der Waals surface area (Å²) in [5.41, 5.74) is 0.173. The summed E-state index contributed by atoms with van der Waals surface area (Å²) < 4.78 is 13.3. The number of benzene rings is 2. The lowest BCUT2D eigenvalue weighted by Crippen LogP contribution is -2.23. The number of halogens is 1. The third-order valence-corrected chi connectivity index (χ3v) is 3.57. The van der Waals surface area contributed by atoms with Crippen LogP contribution in [0.15, 0.2) is 47.3 Å². The molecule has 0 spiro atoms. The fraction of sp³-hybridized carbons (Fsp3) is 0.0588. The minimum Gasteiger partial charge on any atom is -0.506 e. The van der Waals surface area contributed by atoms with Crippen molar-refractivity contribution in [3.63, 3.8) is 0 Å². The Hall–Kier alpha value is -3.15. The third kappa shape index (κ3) is 2.66. The van der Waals surface area contributed by atoms with E-state index in [-0.39, 0.29) is 5.69 Å². The van der Waals surface area contributed by atoms with Crippen LogP contribution in [-0.2, 0) is 0 Å². The second-order valence-corrected chi connectivity index (χ2v) is 5.14. The number of para-hydroxylation sites is 1. The minimum absolute atomic E-state index is 0.238. The number of aromatic hydroxyl groups is 1. The molecule has 6 heteroatoms. The second kappa shape index (κ2) is 5.57. The van der Waals surface area contributed by atoms with Gasteiger partial charge in [-0.15, -0.1) is 0 Å². The number of nitrogens with one attached hydrogen (secondary N) is 2. The average molecular weight is 312 g/mol. The third-order valence-electron chi connectivity index (χ3n) is 3.57. The molecule has 0 atom stereocenters. The predicted molar refractivity (Wildman–Crippen MR) is 85.3 cm³/mol. The van der Waals surface area contributed by atoms with Crippen LogP contribution in [0.1, 0.15) is 15.9 Å². The lowest BCUT2D eigenvalue weighted by molar-refractivity contribution is 0.102. The number of hydrogen-bond acceptors (Lipinski definition) is 3. The Kier molecular flexibility index (Phi) is 3.57. The zero-order valence-corrected chi connectivity index (χ0v) is 12.2. The number of fused-ring (bicyclic) bond motifs is 1. The van der Waals surface area contributed by atoms with E-state index in [1.165, 1.54) is 12.1 Å². The monoisotopic (exact) mass is 312 g/mol. The summed E-state index contributed by atoms with van der Waals surface area (Å²) in [5.74, 6) is -1.72. The van der Waals surface area contributed by atoms with E-state index >= 15 is 0 Å². The lowest BCUT2D eigenvalue weighted by Gasteiger charge is -2.10. The molecule has 0 radical (unpaired) electrons. The number of carbonyl (C=O) groups is 1. The first-order valence-corrected chi connectivity index (χ1v) is 6.89. The van der Waals surface area contributed by atoms with Crippen molar-refractivity contribution in [2.24, 2.45) is 0 Å². The number of pyridine rings is 1. The average Bonchev–Trinajstić information content (AvgIpc) is 2.51. The molecule has 3 aromatic rings. The zero-order valence-electron chi connectivity index (χ0n) is 12.2. The van der Waals surface area contributed by atoms with Gasteiger partial charge in [-0.2, -0.15) is 0 Å². The van der Waals surface area contributed by atoms with Crippen LogP contribution < -0.4 is 10.9 Å². The number of rotatable bonds is 2. The quantitative estimate of drug-likeness (QED) is 0.680. The van der Waals surface area contributed by atoms with Gasteiger partial charge in [0.05, 0.1) is 5.52 Å². The number of carbonyl (C=O) groups excluding carboxylic acids is 1. The number of aryl methyl sites for hydroxylation is 1. The van der Waals surface area contributed by atoms with Crippen LogP contribution in [0.25, 0.3) is 10.9 Å². The van der Waals surface area contributed by atoms with Crippen molar-refractivity contribution >= 4 is 22.5 Å². The Morgan fingerprint density at radius 1 is 1.22 bits per heavy atom. The van der Waals surface area contributed by atoms with E-state index in [0.717, 1.165) is 6.07 Å². The van der Waals surface area contributed by atoms with E-state index in [4.69, 9.17) is 0 Å². The topological polar surface area (TPSA) is 82.2 Å². The van der Waals surface area contributed by atoms with Gasteiger partial charge < -0.3 is 15.4 Å². The maximum absolute atomic E-state index is 13.3. The van der Waals surface area contributed by atoms with Gasteiger partial charge in [-0.25, -0.2) is 4.39 Å². The number of hydrogen-bond donors (Lipinski definition) is 3. The Morgan fingerprint density at radius 3 is 2.74 bits per heavy atom. The maximum atomic E-state index is 13.3. The van der Waals surface area contributed by atoms with E-state index in [1.54, 1.807) is 31.2 Å². The van der Waals surface area contributed by atoms with Crippen molar-refractivity contribution in [3.05, 3.63) is 69.8 Å². The molecule has 1 amide bonds. The summed E-state index contributed by atoms with van der Waals surface area (Å²) >= 11 is 0. The molecule has 0 unspecified atom stereocenters. The summed E-state index contributed by atoms with van der Waals surface area (Å²) in [6.45, 7) is 1.69. The van der Waals surface area contributed by atoms with Crippen LogP contribution in [0.2, 0.25) is 0 Å². The van der Waals surface area contributed by atoms with Crippen molar-refractivity contribution in [2.75, 3.05) is 5.32 Å². The standard InChI is InChI=1S/C17H13FN2O3/c1-9-6-7-10(18)8-13(9)20-17(23)14-15(21)11-4-2-3-5-12(11)19-16(14)22/h2-8H,1H3,(H,20,23)(H2,19,21,22). The Balaban J connectivity index is 2.08. The van der Waals surface area contributed by atoms with Crippen LogP contribution in [0.3, 0.4) is 0 Å². The summed E-state index contributed by atoms with van der Waals surface area (Å²) in [4.78, 5) is 27.0. The van der Waals surface area contributed by atoms with Crippen molar-refractivity contribution < 1.29 is 14.3 Å². The SMILES string of the molecule is Cc1ccc(F)cc1NC(=O)c1c(O)c2ccccc2[nH]c1=O. The summed E-state index contributed by atoms with van der Waals surface area (Å²) in [5, 5.41) is 13.1. The summed E-state index contributed by atoms with van der Waals surface area (Å²) in [6, 6.07) is 10.5. The van der Waals surface area contributed by atoms with E-state index in [2.05, 4.69) is 10.3 Å². The number of aromatic amines is 1. The van der Waals surface area contributed by atoms with E-state index in [0.29, 0.717) is 16.5 Å². The molecule has 1 aromatic heterocycles. The van der Waals surface area contributed by atoms with Gasteiger partial charge in [0.1, 0.15) is 17.1 Å². The van der Waals surface area contributed by atoms with Gasteiger partial charge in [0.2, 0.25) is 0 Å². The van der Waals surface area contributed by atoms with Crippen molar-refractivity contribution in [1.29, 1.82) is 0 Å². The van der Waals surface area contributed by atoms with Gasteiger partial charge in [0, 0.05) is 11.1 Å². The fourth-order valence-corrected chi connectivity index (χ4v) is 2.35. The smallest absolute Gasteiger partial charge is 0.265 e. The van der Waals surface area contributed by atoms with E-state index < -0.39 is 28.6 Å². The maximum Gasteiger partial charge on any atom is 0.265 e. The molecule has 23 heavy (non-hydrogen) atoms. The highest BCUT2D eigenvalue weighted by molar-refractivity contribution is 6.09. The van der Waals surface area contributed by atoms with Crippen molar-refractivity contribution in [1.82, 2.24) is 4.98 Å². The van der Waals surface area contributed by atoms with Gasteiger partial charge >= 0.3 is 0 Å². The minimum atomic E-state index is -0.803. The number of H-pyrrole nitrogens is 1. The molecule has 0 aliphatic carbocycles. The largest absolute Gasteiger partial charge is 0.506 e. The van der Waals surface area contributed by atoms with Gasteiger partial charge in [-0.1, -0.05) is 18.2 Å². The zero-order chi connectivity index (χ0) is 16.6. The molecule has 0 aliphatic rings. The molecule has 3 N–H and O–H groups in total. The van der Waals surface area contributed by atoms with Crippen LogP contribution in [-0.4, -0.2) is 16.0 Å². The van der Waals surface area contributed by atoms with Crippen LogP contribution in [0.5, 0.6) is 5.75 Å². The number of aromatic nitrogens is 1. The molecule has 2 aromatic carbocycles. The molecule has 5 nitrogen and oxygen atoms in total. The van der Waals surface area contributed by atoms with Crippen LogP contribution in [0, 0.1) is 12.7 Å². The van der Waals surface area contributed by atoms with Gasteiger partial charge in [-0.3, -0.25) is 9.59 Å². The molecular weight excluding hydrogens is 299 g/mol. The molecule has 0 aliphatic heterocycles. The normalized spacial score (nSPS) is 10.7. The predicted octanol–water partition coefficient (Wildman–Crippen LogP) is 2.93. The molecule has 0 saturated heterocycles. The Morgan fingerprint density at radius 2 is 1.96 bits per heavy atom. The van der Waals surface area contributed by atoms with Gasteiger partial charge in [0.25, 0.3) is 11.5 Å². The fourth-order valence-electron chi connectivity index (χ4n) is 2.35. The van der Waals surface area contributed by atoms with Crippen LogP contribution in [0.4, 0.5) is 10.1 Å². The highest BCUT2D eigenvalue weighted by Crippen LogP contribution is 2.25. The van der Waals surface area contributed by atoms with Crippen LogP contribution >= 0.6 is 0 Å².